The number of phenolic OH excluding ortho intramolecular Hbond substituents is 1. The van der Waals surface area contributed by atoms with Crippen molar-refractivity contribution in [3.05, 3.63) is 98.8 Å². The number of esters is 1. The lowest BCUT2D eigenvalue weighted by atomic mass is 9.71. The molecule has 184 valence electrons. The average molecular weight is 503 g/mol. The molecule has 0 radical (unpaired) electrons. The van der Waals surface area contributed by atoms with Crippen molar-refractivity contribution in [2.45, 2.75) is 38.2 Å². The third kappa shape index (κ3) is 4.52. The van der Waals surface area contributed by atoms with Crippen LogP contribution < -0.4 is 10.1 Å². The van der Waals surface area contributed by atoms with E-state index in [2.05, 4.69) is 10.3 Å². The van der Waals surface area contributed by atoms with Gasteiger partial charge in [-0.15, -0.1) is 11.3 Å². The molecule has 0 amide bonds. The van der Waals surface area contributed by atoms with Crippen molar-refractivity contribution in [1.29, 1.82) is 0 Å². The quantitative estimate of drug-likeness (QED) is 0.460. The highest BCUT2D eigenvalue weighted by Gasteiger charge is 2.42. The molecule has 0 bridgehead atoms. The monoisotopic (exact) mass is 502 g/mol. The number of thiazole rings is 1. The molecule has 2 unspecified atom stereocenters. The van der Waals surface area contributed by atoms with Crippen LogP contribution in [0.5, 0.6) is 11.5 Å². The summed E-state index contributed by atoms with van der Waals surface area (Å²) in [5.41, 5.74) is 5.65. The maximum atomic E-state index is 13.7. The summed E-state index contributed by atoms with van der Waals surface area (Å²) in [4.78, 5) is 31.9. The van der Waals surface area contributed by atoms with Crippen molar-refractivity contribution < 1.29 is 24.2 Å². The topological polar surface area (TPSA) is 97.8 Å². The third-order valence-electron chi connectivity index (χ3n) is 6.66. The van der Waals surface area contributed by atoms with Crippen LogP contribution in [0, 0.1) is 0 Å². The van der Waals surface area contributed by atoms with Crippen LogP contribution in [0.1, 0.15) is 47.6 Å². The van der Waals surface area contributed by atoms with Gasteiger partial charge in [0.2, 0.25) is 0 Å². The summed E-state index contributed by atoms with van der Waals surface area (Å²) in [6.45, 7) is 1.92. The minimum absolute atomic E-state index is 0.0479. The van der Waals surface area contributed by atoms with Crippen LogP contribution >= 0.6 is 11.3 Å². The Morgan fingerprint density at radius 3 is 2.78 bits per heavy atom. The lowest BCUT2D eigenvalue weighted by Crippen LogP contribution is -2.36. The molecule has 0 saturated carbocycles. The molecule has 1 aliphatic carbocycles. The molecule has 0 saturated heterocycles. The van der Waals surface area contributed by atoms with Gasteiger partial charge in [-0.2, -0.15) is 0 Å². The van der Waals surface area contributed by atoms with E-state index in [1.807, 2.05) is 37.3 Å². The second kappa shape index (κ2) is 9.99. The van der Waals surface area contributed by atoms with E-state index in [0.29, 0.717) is 35.2 Å². The Morgan fingerprint density at radius 2 is 2.03 bits per heavy atom. The van der Waals surface area contributed by atoms with Gasteiger partial charge >= 0.3 is 5.97 Å². The number of allylic oxidation sites excluding steroid dienone is 3. The number of Topliss-reactive ketones (excluding diaryl/α,β-unsaturated/α-hetero) is 1. The van der Waals surface area contributed by atoms with Gasteiger partial charge in [0, 0.05) is 41.4 Å². The number of ether oxygens (including phenoxy) is 2. The molecule has 1 aliphatic heterocycles. The number of hydrogen-bond donors (Lipinski definition) is 2. The van der Waals surface area contributed by atoms with Crippen molar-refractivity contribution in [2.24, 2.45) is 0 Å². The lowest BCUT2D eigenvalue weighted by Gasteiger charge is -2.37. The number of benzene rings is 2. The number of nitrogens with one attached hydrogen (secondary N) is 1. The number of aromatic nitrogens is 1. The molecule has 8 heteroatoms. The van der Waals surface area contributed by atoms with Crippen molar-refractivity contribution in [3.8, 4) is 11.5 Å². The lowest BCUT2D eigenvalue weighted by molar-refractivity contribution is -0.140. The van der Waals surface area contributed by atoms with Crippen LogP contribution in [0.15, 0.2) is 82.8 Å². The molecule has 3 aromatic rings. The van der Waals surface area contributed by atoms with E-state index >= 15 is 0 Å². The number of nitrogens with zero attached hydrogens (tertiary/aromatic N) is 1. The molecule has 7 nitrogen and oxygen atoms in total. The van der Waals surface area contributed by atoms with Gasteiger partial charge in [-0.25, -0.2) is 4.79 Å². The Hall–Kier alpha value is -3.91. The van der Waals surface area contributed by atoms with Gasteiger partial charge < -0.3 is 19.9 Å². The molecule has 2 atom stereocenters. The molecule has 0 spiro atoms. The van der Waals surface area contributed by atoms with E-state index in [0.717, 1.165) is 21.9 Å². The Kier molecular flexibility index (Phi) is 6.61. The maximum absolute atomic E-state index is 13.7. The maximum Gasteiger partial charge on any atom is 0.337 e. The predicted octanol–water partition coefficient (Wildman–Crippen LogP) is 4.96. The molecule has 1 aromatic heterocycles. The van der Waals surface area contributed by atoms with Gasteiger partial charge in [-0.1, -0.05) is 30.3 Å². The number of aromatic hydroxyl groups is 1. The van der Waals surface area contributed by atoms with E-state index in [1.54, 1.807) is 37.0 Å². The number of dihydropyridines is 1. The number of rotatable bonds is 6. The number of ketones is 1. The first-order valence-electron chi connectivity index (χ1n) is 11.7. The largest absolute Gasteiger partial charge is 0.508 e. The Bertz CT molecular complexity index is 1380. The first-order valence-corrected chi connectivity index (χ1v) is 12.5. The number of phenols is 1. The van der Waals surface area contributed by atoms with Crippen LogP contribution in [0.2, 0.25) is 0 Å². The molecule has 2 N–H and O–H groups in total. The van der Waals surface area contributed by atoms with Crippen LogP contribution in [0.4, 0.5) is 0 Å². The van der Waals surface area contributed by atoms with E-state index in [9.17, 15) is 14.7 Å². The Balaban J connectivity index is 1.54. The minimum atomic E-state index is -0.645. The van der Waals surface area contributed by atoms with Gasteiger partial charge in [0.05, 0.1) is 23.1 Å². The molecular weight excluding hydrogens is 476 g/mol. The second-order valence-electron chi connectivity index (χ2n) is 8.90. The standard InChI is InChI=1S/C28H26N2O5S/c1-16-25(28(33)35-14-20-13-29-15-36-20)26(17-6-5-7-19(31)10-17)27-22(30-16)11-18(12-23(27)32)21-8-3-4-9-24(21)34-2/h3-10,13,15,18,26,30-31H,11-12,14H2,1-2H3. The highest BCUT2D eigenvalue weighted by atomic mass is 32.1. The van der Waals surface area contributed by atoms with Gasteiger partial charge in [0.15, 0.2) is 5.78 Å². The fourth-order valence-electron chi connectivity index (χ4n) is 5.10. The predicted molar refractivity (Wildman–Crippen MR) is 136 cm³/mol. The number of hydrogen-bond acceptors (Lipinski definition) is 8. The Labute approximate surface area is 213 Å². The van der Waals surface area contributed by atoms with Crippen LogP contribution in [-0.4, -0.2) is 29.0 Å². The first-order chi connectivity index (χ1) is 17.5. The molecule has 36 heavy (non-hydrogen) atoms. The zero-order chi connectivity index (χ0) is 25.2. The van der Waals surface area contributed by atoms with Crippen molar-refractivity contribution in [3.63, 3.8) is 0 Å². The molecule has 2 aliphatic rings. The summed E-state index contributed by atoms with van der Waals surface area (Å²) in [5, 5.41) is 13.6. The SMILES string of the molecule is COc1ccccc1C1CC(=O)C2=C(C1)NC(C)=C(C(=O)OCc1cncs1)C2c1cccc(O)c1. The Morgan fingerprint density at radius 1 is 1.19 bits per heavy atom. The van der Waals surface area contributed by atoms with Crippen LogP contribution in [0.3, 0.4) is 0 Å². The summed E-state index contributed by atoms with van der Waals surface area (Å²) in [6.07, 6.45) is 2.55. The zero-order valence-electron chi connectivity index (χ0n) is 20.0. The molecule has 5 rings (SSSR count). The van der Waals surface area contributed by atoms with Crippen molar-refractivity contribution in [2.75, 3.05) is 7.11 Å². The summed E-state index contributed by atoms with van der Waals surface area (Å²) < 4.78 is 11.2. The first kappa shape index (κ1) is 23.8. The normalized spacial score (nSPS) is 19.6. The van der Waals surface area contributed by atoms with E-state index in [4.69, 9.17) is 9.47 Å². The van der Waals surface area contributed by atoms with Gasteiger partial charge in [-0.3, -0.25) is 9.78 Å². The van der Waals surface area contributed by atoms with E-state index in [-0.39, 0.29) is 24.1 Å². The number of carbonyl (C=O) groups excluding carboxylic acids is 2. The number of methoxy groups -OCH3 is 1. The molecular formula is C28H26N2O5S. The second-order valence-corrected chi connectivity index (χ2v) is 9.87. The summed E-state index contributed by atoms with van der Waals surface area (Å²) >= 11 is 1.40. The molecule has 2 aromatic carbocycles. The molecule has 2 heterocycles. The smallest absolute Gasteiger partial charge is 0.337 e. The van der Waals surface area contributed by atoms with Gasteiger partial charge in [-0.05, 0) is 42.7 Å². The van der Waals surface area contributed by atoms with Crippen molar-refractivity contribution in [1.82, 2.24) is 10.3 Å². The third-order valence-corrected chi connectivity index (χ3v) is 7.41. The van der Waals surface area contributed by atoms with E-state index < -0.39 is 11.9 Å². The zero-order valence-corrected chi connectivity index (χ0v) is 20.8. The minimum Gasteiger partial charge on any atom is -0.508 e. The van der Waals surface area contributed by atoms with Gasteiger partial charge in [0.25, 0.3) is 0 Å². The highest BCUT2D eigenvalue weighted by molar-refractivity contribution is 7.09. The van der Waals surface area contributed by atoms with Gasteiger partial charge in [0.1, 0.15) is 18.1 Å². The fraction of sp³-hybridized carbons (Fsp3) is 0.250. The summed E-state index contributed by atoms with van der Waals surface area (Å²) in [7, 11) is 1.63. The number of para-hydroxylation sites is 1. The van der Waals surface area contributed by atoms with Crippen molar-refractivity contribution >= 4 is 23.1 Å². The van der Waals surface area contributed by atoms with Crippen LogP contribution in [-0.2, 0) is 20.9 Å². The van der Waals surface area contributed by atoms with Crippen LogP contribution in [0.25, 0.3) is 0 Å². The molecule has 0 fully saturated rings. The summed E-state index contributed by atoms with van der Waals surface area (Å²) in [6, 6.07) is 14.4. The summed E-state index contributed by atoms with van der Waals surface area (Å²) in [5.74, 6) is -0.440. The fourth-order valence-corrected chi connectivity index (χ4v) is 5.60. The van der Waals surface area contributed by atoms with E-state index in [1.165, 1.54) is 11.3 Å². The number of carbonyl (C=O) groups is 2. The average Bonchev–Trinajstić information content (AvgIpc) is 3.40. The highest BCUT2D eigenvalue weighted by Crippen LogP contribution is 2.47.